The molecule has 0 aliphatic carbocycles. The van der Waals surface area contributed by atoms with Crippen molar-refractivity contribution in [3.63, 3.8) is 0 Å². The van der Waals surface area contributed by atoms with E-state index in [1.54, 1.807) is 24.2 Å². The number of anilines is 3. The van der Waals surface area contributed by atoms with E-state index in [0.717, 1.165) is 28.6 Å². The topological polar surface area (TPSA) is 70.2 Å². The molecule has 2 aromatic carbocycles. The van der Waals surface area contributed by atoms with E-state index in [-0.39, 0.29) is 6.03 Å². The molecule has 2 amide bonds. The van der Waals surface area contributed by atoms with Crippen LogP contribution in [0.3, 0.4) is 0 Å². The molecule has 156 valence electrons. The zero-order chi connectivity index (χ0) is 21.3. The van der Waals surface area contributed by atoms with E-state index >= 15 is 0 Å². The number of benzene rings is 2. The molecule has 0 spiro atoms. The normalized spacial score (nSPS) is 10.7. The van der Waals surface area contributed by atoms with Crippen molar-refractivity contribution < 1.29 is 4.79 Å². The molecule has 0 radical (unpaired) electrons. The van der Waals surface area contributed by atoms with Crippen molar-refractivity contribution in [2.24, 2.45) is 5.92 Å². The first-order valence-corrected chi connectivity index (χ1v) is 10.8. The monoisotopic (exact) mass is 421 g/mol. The van der Waals surface area contributed by atoms with Crippen molar-refractivity contribution in [2.75, 3.05) is 29.1 Å². The lowest BCUT2D eigenvalue weighted by Crippen LogP contribution is -2.26. The van der Waals surface area contributed by atoms with Gasteiger partial charge < -0.3 is 15.5 Å². The molecule has 0 atom stereocenters. The van der Waals surface area contributed by atoms with E-state index in [9.17, 15) is 4.79 Å². The van der Waals surface area contributed by atoms with Crippen LogP contribution in [0.1, 0.15) is 19.4 Å². The van der Waals surface area contributed by atoms with Gasteiger partial charge in [-0.15, -0.1) is 11.8 Å². The van der Waals surface area contributed by atoms with Gasteiger partial charge in [0.05, 0.1) is 29.5 Å². The highest BCUT2D eigenvalue weighted by Crippen LogP contribution is 2.32. The molecule has 0 aliphatic rings. The molecule has 0 aliphatic heterocycles. The molecule has 0 bridgehead atoms. The van der Waals surface area contributed by atoms with E-state index in [0.29, 0.717) is 11.6 Å². The van der Waals surface area contributed by atoms with Crippen LogP contribution in [0.15, 0.2) is 72.1 Å². The van der Waals surface area contributed by atoms with Gasteiger partial charge in [-0.25, -0.2) is 14.8 Å². The summed E-state index contributed by atoms with van der Waals surface area (Å²) in [5.41, 5.74) is 3.55. The number of amides is 2. The predicted molar refractivity (Wildman–Crippen MR) is 125 cm³/mol. The largest absolute Gasteiger partial charge is 0.373 e. The molecule has 30 heavy (non-hydrogen) atoms. The van der Waals surface area contributed by atoms with Crippen molar-refractivity contribution in [3.8, 4) is 0 Å². The summed E-state index contributed by atoms with van der Waals surface area (Å²) in [5, 5.41) is 5.77. The minimum absolute atomic E-state index is 0.325. The minimum atomic E-state index is -0.325. The van der Waals surface area contributed by atoms with Gasteiger partial charge in [0.15, 0.2) is 0 Å². The Balaban J connectivity index is 1.77. The molecule has 7 heteroatoms. The van der Waals surface area contributed by atoms with Crippen LogP contribution >= 0.6 is 11.8 Å². The maximum absolute atomic E-state index is 12.6. The lowest BCUT2D eigenvalue weighted by Gasteiger charge is -2.25. The van der Waals surface area contributed by atoms with E-state index in [4.69, 9.17) is 0 Å². The second kappa shape index (κ2) is 10.6. The Labute approximate surface area is 182 Å². The summed E-state index contributed by atoms with van der Waals surface area (Å²) in [6.07, 6.45) is 4.55. The van der Waals surface area contributed by atoms with Crippen LogP contribution in [0.5, 0.6) is 0 Å². The number of carbonyl (C=O) groups is 1. The fraction of sp³-hybridized carbons (Fsp3) is 0.261. The molecule has 6 nitrogen and oxygen atoms in total. The van der Waals surface area contributed by atoms with E-state index in [1.807, 2.05) is 31.3 Å². The second-order valence-corrected chi connectivity index (χ2v) is 8.48. The lowest BCUT2D eigenvalue weighted by molar-refractivity contribution is 0.262. The third kappa shape index (κ3) is 6.49. The Hall–Kier alpha value is -3.06. The maximum atomic E-state index is 12.6. The van der Waals surface area contributed by atoms with Gasteiger partial charge in [0.1, 0.15) is 6.33 Å². The third-order valence-corrected chi connectivity index (χ3v) is 5.40. The fourth-order valence-electron chi connectivity index (χ4n) is 3.07. The first kappa shape index (κ1) is 21.6. The summed E-state index contributed by atoms with van der Waals surface area (Å²) in [6, 6.07) is 16.2. The molecule has 0 unspecified atom stereocenters. The number of hydrogen-bond donors (Lipinski definition) is 2. The minimum Gasteiger partial charge on any atom is -0.373 e. The molecule has 0 saturated heterocycles. The predicted octanol–water partition coefficient (Wildman–Crippen LogP) is 5.51. The quantitative estimate of drug-likeness (QED) is 0.470. The zero-order valence-electron chi connectivity index (χ0n) is 17.5. The van der Waals surface area contributed by atoms with Gasteiger partial charge in [-0.05, 0) is 29.7 Å². The van der Waals surface area contributed by atoms with Crippen molar-refractivity contribution in [1.29, 1.82) is 0 Å². The van der Waals surface area contributed by atoms with Crippen molar-refractivity contribution >= 4 is 34.9 Å². The van der Waals surface area contributed by atoms with Gasteiger partial charge in [0.2, 0.25) is 0 Å². The van der Waals surface area contributed by atoms with Gasteiger partial charge in [-0.1, -0.05) is 44.2 Å². The Morgan fingerprint density at radius 2 is 1.80 bits per heavy atom. The van der Waals surface area contributed by atoms with Crippen LogP contribution in [0.2, 0.25) is 0 Å². The van der Waals surface area contributed by atoms with Gasteiger partial charge in [0, 0.05) is 24.2 Å². The summed E-state index contributed by atoms with van der Waals surface area (Å²) < 4.78 is 0. The smallest absolute Gasteiger partial charge is 0.323 e. The number of nitrogens with one attached hydrogen (secondary N) is 2. The first-order chi connectivity index (χ1) is 14.5. The Bertz CT molecular complexity index is 950. The van der Waals surface area contributed by atoms with Crippen LogP contribution in [0, 0.1) is 5.92 Å². The number of thioether (sulfide) groups is 1. The SMILES string of the molecule is CC(C)CN(C)c1ccc(SCc2ccccc2)cc1NC(=O)Nc1cncnc1. The molecule has 3 rings (SSSR count). The molecule has 0 fully saturated rings. The summed E-state index contributed by atoms with van der Waals surface area (Å²) in [6.45, 7) is 5.24. The third-order valence-electron chi connectivity index (χ3n) is 4.33. The van der Waals surface area contributed by atoms with Crippen LogP contribution in [0.4, 0.5) is 21.9 Å². The standard InChI is InChI=1S/C23H27N5OS/c1-17(2)14-28(3)22-10-9-20(30-15-18-7-5-4-6-8-18)11-21(22)27-23(29)26-19-12-24-16-25-13-19/h4-13,16-17H,14-15H2,1-3H3,(H2,26,27,29). The van der Waals surface area contributed by atoms with E-state index in [2.05, 4.69) is 63.6 Å². The Morgan fingerprint density at radius 1 is 1.07 bits per heavy atom. The summed E-state index contributed by atoms with van der Waals surface area (Å²) in [4.78, 5) is 23.7. The van der Waals surface area contributed by atoms with Crippen LogP contribution in [0.25, 0.3) is 0 Å². The van der Waals surface area contributed by atoms with Gasteiger partial charge in [-0.3, -0.25) is 0 Å². The average Bonchev–Trinajstić information content (AvgIpc) is 2.73. The Morgan fingerprint density at radius 3 is 2.50 bits per heavy atom. The average molecular weight is 422 g/mol. The molecule has 1 heterocycles. The highest BCUT2D eigenvalue weighted by molar-refractivity contribution is 7.98. The number of urea groups is 1. The molecule has 1 aromatic heterocycles. The lowest BCUT2D eigenvalue weighted by atomic mass is 10.2. The zero-order valence-corrected chi connectivity index (χ0v) is 18.3. The van der Waals surface area contributed by atoms with Gasteiger partial charge >= 0.3 is 6.03 Å². The van der Waals surface area contributed by atoms with Crippen molar-refractivity contribution in [1.82, 2.24) is 9.97 Å². The van der Waals surface area contributed by atoms with Gasteiger partial charge in [0.25, 0.3) is 0 Å². The van der Waals surface area contributed by atoms with E-state index in [1.165, 1.54) is 11.9 Å². The number of carbonyl (C=O) groups excluding carboxylic acids is 1. The highest BCUT2D eigenvalue weighted by atomic mass is 32.2. The summed E-state index contributed by atoms with van der Waals surface area (Å²) >= 11 is 1.74. The molecule has 0 saturated carbocycles. The highest BCUT2D eigenvalue weighted by Gasteiger charge is 2.13. The first-order valence-electron chi connectivity index (χ1n) is 9.86. The summed E-state index contributed by atoms with van der Waals surface area (Å²) in [7, 11) is 2.04. The molecular weight excluding hydrogens is 394 g/mol. The number of aromatic nitrogens is 2. The number of nitrogens with zero attached hydrogens (tertiary/aromatic N) is 3. The fourth-order valence-corrected chi connectivity index (χ4v) is 3.96. The van der Waals surface area contributed by atoms with Crippen LogP contribution < -0.4 is 15.5 Å². The van der Waals surface area contributed by atoms with Crippen molar-refractivity contribution in [3.05, 3.63) is 72.8 Å². The number of rotatable bonds is 8. The van der Waals surface area contributed by atoms with Gasteiger partial charge in [-0.2, -0.15) is 0 Å². The summed E-state index contributed by atoms with van der Waals surface area (Å²) in [5.74, 6) is 1.37. The Kier molecular flexibility index (Phi) is 7.68. The van der Waals surface area contributed by atoms with Crippen LogP contribution in [-0.4, -0.2) is 29.6 Å². The molecular formula is C23H27N5OS. The maximum Gasteiger partial charge on any atom is 0.323 e. The number of hydrogen-bond acceptors (Lipinski definition) is 5. The second-order valence-electron chi connectivity index (χ2n) is 7.43. The van der Waals surface area contributed by atoms with E-state index < -0.39 is 0 Å². The molecule has 3 aromatic rings. The van der Waals surface area contributed by atoms with Crippen LogP contribution in [-0.2, 0) is 5.75 Å². The molecule has 2 N–H and O–H groups in total. The van der Waals surface area contributed by atoms with Crippen molar-refractivity contribution in [2.45, 2.75) is 24.5 Å².